The number of carbonyl (C=O) groups excluding carboxylic acids is 3. The maximum absolute atomic E-state index is 13.7. The second kappa shape index (κ2) is 16.2. The molecule has 0 aromatic heterocycles. The lowest BCUT2D eigenvalue weighted by Crippen LogP contribution is -2.56. The van der Waals surface area contributed by atoms with Crippen LogP contribution in [0, 0.1) is 6.92 Å². The van der Waals surface area contributed by atoms with Crippen molar-refractivity contribution in [3.8, 4) is 0 Å². The van der Waals surface area contributed by atoms with Gasteiger partial charge in [-0.25, -0.2) is 0 Å². The first-order valence-corrected chi connectivity index (χ1v) is 12.1. The summed E-state index contributed by atoms with van der Waals surface area (Å²) in [6.45, 7) is 15.0. The average Bonchev–Trinajstić information content (AvgIpc) is 2.78. The molecule has 0 spiro atoms. The summed E-state index contributed by atoms with van der Waals surface area (Å²) < 4.78 is 5.40. The highest BCUT2D eigenvalue weighted by atomic mass is 35.5. The number of amides is 2. The normalized spacial score (nSPS) is 12.5. The quantitative estimate of drug-likeness (QED) is 0.295. The molecule has 2 amide bonds. The summed E-state index contributed by atoms with van der Waals surface area (Å²) in [5.41, 5.74) is 1.39. The molecule has 0 saturated carbocycles. The molecule has 36 heavy (non-hydrogen) atoms. The minimum absolute atomic E-state index is 0. The largest absolute Gasteiger partial charge is 0.459 e. The van der Waals surface area contributed by atoms with Gasteiger partial charge in [-0.3, -0.25) is 14.4 Å². The van der Waals surface area contributed by atoms with Crippen LogP contribution >= 0.6 is 12.4 Å². The third-order valence-corrected chi connectivity index (χ3v) is 5.54. The van der Waals surface area contributed by atoms with Crippen LogP contribution in [0.25, 0.3) is 0 Å². The minimum atomic E-state index is -0.780. The van der Waals surface area contributed by atoms with E-state index in [1.807, 2.05) is 31.2 Å². The van der Waals surface area contributed by atoms with Crippen LogP contribution in [0.5, 0.6) is 0 Å². The Bertz CT molecular complexity index is 865. The lowest BCUT2D eigenvalue weighted by molar-refractivity contribution is -0.159. The second-order valence-electron chi connectivity index (χ2n) is 9.80. The summed E-state index contributed by atoms with van der Waals surface area (Å²) in [6, 6.07) is 6.66. The zero-order chi connectivity index (χ0) is 26.6. The van der Waals surface area contributed by atoms with Gasteiger partial charge in [-0.2, -0.15) is 0 Å². The number of allylic oxidation sites excluding steroid dienone is 1. The molecule has 1 aromatic rings. The number of hydrogen-bond acceptors (Lipinski definition) is 5. The number of halogens is 1. The third kappa shape index (κ3) is 11.4. The number of ether oxygens (including phenoxy) is 1. The highest BCUT2D eigenvalue weighted by Crippen LogP contribution is 2.17. The van der Waals surface area contributed by atoms with Crippen molar-refractivity contribution in [1.82, 2.24) is 15.1 Å². The van der Waals surface area contributed by atoms with E-state index in [2.05, 4.69) is 18.5 Å². The van der Waals surface area contributed by atoms with Crippen LogP contribution in [-0.2, 0) is 25.5 Å². The second-order valence-corrected chi connectivity index (χ2v) is 9.80. The summed E-state index contributed by atoms with van der Waals surface area (Å²) in [7, 11) is 3.31. The van der Waals surface area contributed by atoms with E-state index < -0.39 is 23.7 Å². The van der Waals surface area contributed by atoms with E-state index in [1.165, 1.54) is 4.90 Å². The van der Waals surface area contributed by atoms with Crippen LogP contribution < -0.4 is 5.32 Å². The Labute approximate surface area is 223 Å². The van der Waals surface area contributed by atoms with Gasteiger partial charge in [0, 0.05) is 20.0 Å². The molecule has 0 aliphatic carbocycles. The number of likely N-dealkylation sites (N-methyl/N-ethyl adjacent to an activating group) is 2. The number of aryl methyl sites for hydroxylation is 1. The number of benzene rings is 1. The van der Waals surface area contributed by atoms with Gasteiger partial charge < -0.3 is 19.9 Å². The van der Waals surface area contributed by atoms with E-state index in [-0.39, 0.29) is 30.8 Å². The lowest BCUT2D eigenvalue weighted by atomic mass is 10.00. The van der Waals surface area contributed by atoms with Crippen LogP contribution in [0.1, 0.15) is 51.2 Å². The Kier molecular flexibility index (Phi) is 15.0. The maximum Gasteiger partial charge on any atom is 0.326 e. The van der Waals surface area contributed by atoms with Crippen molar-refractivity contribution in [2.75, 3.05) is 27.2 Å². The van der Waals surface area contributed by atoms with Gasteiger partial charge in [-0.05, 0) is 59.6 Å². The summed E-state index contributed by atoms with van der Waals surface area (Å²) in [4.78, 5) is 42.7. The minimum Gasteiger partial charge on any atom is -0.459 e. The monoisotopic (exact) mass is 521 g/mol. The molecule has 0 bridgehead atoms. The Morgan fingerprint density at radius 1 is 1.06 bits per heavy atom. The van der Waals surface area contributed by atoms with E-state index in [1.54, 1.807) is 51.9 Å². The maximum atomic E-state index is 13.7. The third-order valence-electron chi connectivity index (χ3n) is 5.54. The van der Waals surface area contributed by atoms with Crippen molar-refractivity contribution in [2.24, 2.45) is 0 Å². The van der Waals surface area contributed by atoms with Gasteiger partial charge in [0.2, 0.25) is 11.8 Å². The van der Waals surface area contributed by atoms with Gasteiger partial charge in [-0.15, -0.1) is 25.6 Å². The van der Waals surface area contributed by atoms with E-state index in [0.717, 1.165) is 11.1 Å². The molecule has 202 valence electrons. The summed E-state index contributed by atoms with van der Waals surface area (Å²) in [5.74, 6) is -0.967. The van der Waals surface area contributed by atoms with Gasteiger partial charge in [-0.1, -0.05) is 42.0 Å². The van der Waals surface area contributed by atoms with Crippen molar-refractivity contribution in [1.29, 1.82) is 0 Å². The molecule has 0 radical (unpaired) electrons. The van der Waals surface area contributed by atoms with Gasteiger partial charge >= 0.3 is 5.97 Å². The standard InChI is InChI=1S/C28H43N3O4.ClH/c1-9-11-13-23(29-7)26(33)31(18-12-10-2)24(19-22-16-14-21(3)15-17-22)27(34)30(8)20-25(32)35-28(4,5)6;/h9-10,14-17,23-24,29H,1-2,11-13,18-20H2,3-8H3;1H/t23-,24-;/m0./s1. The molecule has 0 aliphatic heterocycles. The molecular formula is C28H44ClN3O4. The molecule has 0 fully saturated rings. The fourth-order valence-electron chi connectivity index (χ4n) is 3.70. The van der Waals surface area contributed by atoms with E-state index in [0.29, 0.717) is 32.2 Å². The zero-order valence-corrected chi connectivity index (χ0v) is 23.5. The van der Waals surface area contributed by atoms with Gasteiger partial charge in [0.1, 0.15) is 18.2 Å². The smallest absolute Gasteiger partial charge is 0.326 e. The predicted octanol–water partition coefficient (Wildman–Crippen LogP) is 4.09. The number of hydrogen-bond donors (Lipinski definition) is 1. The van der Waals surface area contributed by atoms with Crippen molar-refractivity contribution < 1.29 is 19.1 Å². The van der Waals surface area contributed by atoms with E-state index in [4.69, 9.17) is 4.74 Å². The topological polar surface area (TPSA) is 79.0 Å². The Balaban J connectivity index is 0.0000122. The van der Waals surface area contributed by atoms with Crippen LogP contribution in [-0.4, -0.2) is 72.5 Å². The average molecular weight is 522 g/mol. The lowest BCUT2D eigenvalue weighted by Gasteiger charge is -2.35. The number of nitrogens with one attached hydrogen (secondary N) is 1. The molecule has 0 saturated heterocycles. The summed E-state index contributed by atoms with van der Waals surface area (Å²) in [6.07, 6.45) is 5.62. The molecule has 1 rings (SSSR count). The van der Waals surface area contributed by atoms with Crippen molar-refractivity contribution in [3.63, 3.8) is 0 Å². The fraction of sp³-hybridized carbons (Fsp3) is 0.536. The van der Waals surface area contributed by atoms with Crippen molar-refractivity contribution in [3.05, 3.63) is 60.7 Å². The SMILES string of the molecule is C=CCC[C@H](NC)C(=O)N(CCC=C)[C@@H](Cc1ccc(C)cc1)C(=O)N(C)CC(=O)OC(C)(C)C.Cl. The molecular weight excluding hydrogens is 478 g/mol. The first-order valence-electron chi connectivity index (χ1n) is 12.1. The fourth-order valence-corrected chi connectivity index (χ4v) is 3.70. The summed E-state index contributed by atoms with van der Waals surface area (Å²) in [5, 5.41) is 3.08. The molecule has 7 nitrogen and oxygen atoms in total. The number of carbonyl (C=O) groups is 3. The molecule has 1 aromatic carbocycles. The first kappa shape index (κ1) is 33.4. The number of rotatable bonds is 14. The Hall–Kier alpha value is -2.64. The van der Waals surface area contributed by atoms with Crippen LogP contribution in [0.15, 0.2) is 49.6 Å². The number of nitrogens with zero attached hydrogens (tertiary/aromatic N) is 2. The van der Waals surface area contributed by atoms with Gasteiger partial charge in [0.25, 0.3) is 0 Å². The molecule has 8 heteroatoms. The van der Waals surface area contributed by atoms with Gasteiger partial charge in [0.05, 0.1) is 6.04 Å². The van der Waals surface area contributed by atoms with E-state index in [9.17, 15) is 14.4 Å². The van der Waals surface area contributed by atoms with Crippen LogP contribution in [0.3, 0.4) is 0 Å². The first-order chi connectivity index (χ1) is 16.4. The molecule has 0 aliphatic rings. The molecule has 0 unspecified atom stereocenters. The zero-order valence-electron chi connectivity index (χ0n) is 22.7. The Morgan fingerprint density at radius 2 is 1.64 bits per heavy atom. The van der Waals surface area contributed by atoms with Crippen LogP contribution in [0.4, 0.5) is 0 Å². The highest BCUT2D eigenvalue weighted by Gasteiger charge is 2.35. The van der Waals surface area contributed by atoms with E-state index >= 15 is 0 Å². The summed E-state index contributed by atoms with van der Waals surface area (Å²) >= 11 is 0. The highest BCUT2D eigenvalue weighted by molar-refractivity contribution is 5.91. The van der Waals surface area contributed by atoms with Crippen molar-refractivity contribution >= 4 is 30.2 Å². The molecule has 0 heterocycles. The number of esters is 1. The van der Waals surface area contributed by atoms with Gasteiger partial charge in [0.15, 0.2) is 0 Å². The van der Waals surface area contributed by atoms with Crippen LogP contribution in [0.2, 0.25) is 0 Å². The predicted molar refractivity (Wildman–Crippen MR) is 148 cm³/mol. The molecule has 2 atom stereocenters. The Morgan fingerprint density at radius 3 is 2.14 bits per heavy atom. The molecule has 1 N–H and O–H groups in total. The van der Waals surface area contributed by atoms with Crippen molar-refractivity contribution in [2.45, 2.75) is 71.1 Å².